The Bertz CT molecular complexity index is 1340. The van der Waals surface area contributed by atoms with Crippen LogP contribution in [0.4, 0.5) is 0 Å². The molecule has 1 aromatic carbocycles. The molecule has 0 radical (unpaired) electrons. The number of nitrogens with one attached hydrogen (secondary N) is 1. The van der Waals surface area contributed by atoms with E-state index in [1.807, 2.05) is 45.0 Å². The van der Waals surface area contributed by atoms with E-state index in [-0.39, 0.29) is 13.8 Å². The minimum atomic E-state index is -1.57. The van der Waals surface area contributed by atoms with Crippen molar-refractivity contribution in [2.24, 2.45) is 11.7 Å². The van der Waals surface area contributed by atoms with Crippen LogP contribution in [0.15, 0.2) is 35.5 Å². The second-order valence-electron chi connectivity index (χ2n) is 10.8. The Kier molecular flexibility index (Phi) is 13.9. The normalized spacial score (nSPS) is 21.8. The van der Waals surface area contributed by atoms with Crippen LogP contribution < -0.4 is 5.73 Å². The Labute approximate surface area is 264 Å². The summed E-state index contributed by atoms with van der Waals surface area (Å²) in [6, 6.07) is 5.69. The van der Waals surface area contributed by atoms with Crippen LogP contribution >= 0.6 is 0 Å². The van der Waals surface area contributed by atoms with Gasteiger partial charge in [-0.3, -0.25) is 24.6 Å². The molecule has 0 aliphatic carbocycles. The maximum atomic E-state index is 12.2. The van der Waals surface area contributed by atoms with Crippen molar-refractivity contribution in [3.8, 4) is 0 Å². The molecule has 0 unspecified atom stereocenters. The van der Waals surface area contributed by atoms with Crippen LogP contribution in [-0.4, -0.2) is 73.4 Å². The van der Waals surface area contributed by atoms with Gasteiger partial charge in [-0.05, 0) is 29.5 Å². The van der Waals surface area contributed by atoms with Gasteiger partial charge >= 0.3 is 23.9 Å². The number of hydrogen-bond acceptors (Lipinski definition) is 13. The number of hydrogen-bond donors (Lipinski definition) is 2. The molecule has 0 amide bonds. The van der Waals surface area contributed by atoms with Crippen LogP contribution in [0.3, 0.4) is 0 Å². The van der Waals surface area contributed by atoms with Crippen LogP contribution in [0, 0.1) is 18.3 Å². The predicted octanol–water partition coefficient (Wildman–Crippen LogP) is 3.33. The lowest BCUT2D eigenvalue weighted by atomic mass is 9.94. The van der Waals surface area contributed by atoms with Gasteiger partial charge in [0.15, 0.2) is 12.2 Å². The molecule has 248 valence electrons. The first-order valence-corrected chi connectivity index (χ1v) is 14.4. The number of ether oxygens (including phenoxy) is 6. The number of esters is 4. The van der Waals surface area contributed by atoms with E-state index in [1.165, 1.54) is 6.92 Å². The minimum absolute atomic E-state index is 0. The van der Waals surface area contributed by atoms with E-state index in [4.69, 9.17) is 39.6 Å². The van der Waals surface area contributed by atoms with Gasteiger partial charge in [0, 0.05) is 53.2 Å². The Morgan fingerprint density at radius 3 is 2.09 bits per heavy atom. The summed E-state index contributed by atoms with van der Waals surface area (Å²) in [5.41, 5.74) is 9.80. The third-order valence-corrected chi connectivity index (χ3v) is 6.70. The first-order chi connectivity index (χ1) is 21.1. The number of aldehydes is 1. The predicted molar refractivity (Wildman–Crippen MR) is 164 cm³/mol. The third-order valence-electron chi connectivity index (χ3n) is 6.70. The summed E-state index contributed by atoms with van der Waals surface area (Å²) in [6.45, 7) is 9.68. The zero-order valence-electron chi connectivity index (χ0n) is 26.6. The fraction of sp³-hybridized carbons (Fsp3) is 0.500. The van der Waals surface area contributed by atoms with Gasteiger partial charge < -0.3 is 38.9 Å². The summed E-state index contributed by atoms with van der Waals surface area (Å²) in [6.07, 6.45) is -2.22. The zero-order valence-corrected chi connectivity index (χ0v) is 26.6. The van der Waals surface area contributed by atoms with Crippen molar-refractivity contribution in [3.63, 3.8) is 0 Å². The highest BCUT2D eigenvalue weighted by molar-refractivity contribution is 5.92. The molecule has 1 fully saturated rings. The second-order valence-corrected chi connectivity index (χ2v) is 10.8. The third kappa shape index (κ3) is 11.2. The van der Waals surface area contributed by atoms with Crippen LogP contribution in [0.25, 0.3) is 6.08 Å². The Hall–Kier alpha value is -4.52. The minimum Gasteiger partial charge on any atom is -0.463 e. The molecule has 0 spiro atoms. The fourth-order valence-corrected chi connectivity index (χ4v) is 4.60. The van der Waals surface area contributed by atoms with Crippen molar-refractivity contribution < 1.29 is 53.8 Å². The summed E-state index contributed by atoms with van der Waals surface area (Å²) in [5.74, 6) is -3.61. The SMILES string of the molecule is CC(=O)OC[C@H]1O[C@@H](OC(=N)/C(Cc2ccc(/C=C/CC=O)cc2C)=C(\N)C(C)C)[C@H](OC(C)=O)[C@@H](OC(C)=O)[C@@H]1OC(C)=O.[HH]. The molecule has 2 rings (SSSR count). The molecule has 1 heterocycles. The lowest BCUT2D eigenvalue weighted by molar-refractivity contribution is -0.291. The molecule has 1 aliphatic heterocycles. The van der Waals surface area contributed by atoms with Gasteiger partial charge in [0.1, 0.15) is 19.0 Å². The standard InChI is InChI=1S/C32H42N2O11.H2/c1-17(2)27(33)25(15-24-12-11-23(14-18(24)3)10-8-9-13-35)31(34)45-32-30(43-22(7)39)29(42-21(6)38)28(41-20(5)37)26(44-32)16-40-19(4)36;/h8,10-14,17,26,28-30,32,34H,9,15-16,33H2,1-7H3;1H/b10-8+,27-25-,34-31?;/t26-,28-,29+,30-,32+;/m1./s1. The molecule has 1 saturated heterocycles. The van der Waals surface area contributed by atoms with E-state index in [1.54, 1.807) is 6.08 Å². The van der Waals surface area contributed by atoms with Crippen LogP contribution in [-0.2, 0) is 58.8 Å². The number of rotatable bonds is 13. The van der Waals surface area contributed by atoms with Gasteiger partial charge in [0.05, 0.1) is 0 Å². The van der Waals surface area contributed by atoms with E-state index in [9.17, 15) is 24.0 Å². The van der Waals surface area contributed by atoms with E-state index in [0.717, 1.165) is 43.7 Å². The van der Waals surface area contributed by atoms with Crippen LogP contribution in [0.5, 0.6) is 0 Å². The Balaban J connectivity index is 0.0000106. The summed E-state index contributed by atoms with van der Waals surface area (Å²) in [5, 5.41) is 8.96. The molecular formula is C32H44N2O11. The maximum absolute atomic E-state index is 12.2. The van der Waals surface area contributed by atoms with E-state index >= 15 is 0 Å². The Morgan fingerprint density at radius 2 is 1.56 bits per heavy atom. The van der Waals surface area contributed by atoms with Crippen molar-refractivity contribution in [2.45, 2.75) is 92.0 Å². The lowest BCUT2D eigenvalue weighted by Crippen LogP contribution is -2.63. The molecule has 0 saturated carbocycles. The first-order valence-electron chi connectivity index (χ1n) is 14.4. The average Bonchev–Trinajstić information content (AvgIpc) is 2.93. The van der Waals surface area contributed by atoms with Crippen LogP contribution in [0.2, 0.25) is 0 Å². The summed E-state index contributed by atoms with van der Waals surface area (Å²) in [4.78, 5) is 58.5. The monoisotopic (exact) mass is 632 g/mol. The molecule has 1 aromatic rings. The molecule has 0 aromatic heterocycles. The van der Waals surface area contributed by atoms with Crippen molar-refractivity contribution in [2.75, 3.05) is 6.61 Å². The largest absolute Gasteiger partial charge is 0.463 e. The molecule has 0 bridgehead atoms. The van der Waals surface area contributed by atoms with Crippen molar-refractivity contribution in [3.05, 3.63) is 52.2 Å². The molecule has 13 nitrogen and oxygen atoms in total. The van der Waals surface area contributed by atoms with Gasteiger partial charge in [-0.15, -0.1) is 0 Å². The molecule has 13 heteroatoms. The fourth-order valence-electron chi connectivity index (χ4n) is 4.60. The number of nitrogens with two attached hydrogens (primary N) is 1. The second kappa shape index (κ2) is 17.1. The average molecular weight is 633 g/mol. The zero-order chi connectivity index (χ0) is 33.8. The number of allylic oxidation sites excluding steroid dienone is 2. The van der Waals surface area contributed by atoms with Gasteiger partial charge in [0.25, 0.3) is 0 Å². The van der Waals surface area contributed by atoms with Gasteiger partial charge in [-0.1, -0.05) is 44.2 Å². The summed E-state index contributed by atoms with van der Waals surface area (Å²) in [7, 11) is 0. The first kappa shape index (κ1) is 36.7. The van der Waals surface area contributed by atoms with E-state index in [0.29, 0.717) is 17.7 Å². The van der Waals surface area contributed by atoms with Gasteiger partial charge in [0.2, 0.25) is 18.3 Å². The highest BCUT2D eigenvalue weighted by Gasteiger charge is 2.53. The van der Waals surface area contributed by atoms with Crippen LogP contribution in [0.1, 0.15) is 66.1 Å². The van der Waals surface area contributed by atoms with E-state index in [2.05, 4.69) is 0 Å². The number of benzene rings is 1. The quantitative estimate of drug-likeness (QED) is 0.106. The highest BCUT2D eigenvalue weighted by atomic mass is 16.7. The number of carbonyl (C=O) groups is 5. The van der Waals surface area contributed by atoms with E-state index < -0.39 is 67.1 Å². The lowest BCUT2D eigenvalue weighted by Gasteiger charge is -2.44. The number of carbonyl (C=O) groups excluding carboxylic acids is 5. The summed E-state index contributed by atoms with van der Waals surface area (Å²) < 4.78 is 33.3. The molecule has 45 heavy (non-hydrogen) atoms. The molecule has 1 aliphatic rings. The molecular weight excluding hydrogens is 588 g/mol. The summed E-state index contributed by atoms with van der Waals surface area (Å²) >= 11 is 0. The Morgan fingerprint density at radius 1 is 0.956 bits per heavy atom. The van der Waals surface area contributed by atoms with Gasteiger partial charge in [-0.2, -0.15) is 0 Å². The molecule has 3 N–H and O–H groups in total. The smallest absolute Gasteiger partial charge is 0.303 e. The van der Waals surface area contributed by atoms with Gasteiger partial charge in [-0.25, -0.2) is 0 Å². The maximum Gasteiger partial charge on any atom is 0.303 e. The van der Waals surface area contributed by atoms with Crippen molar-refractivity contribution >= 4 is 42.1 Å². The highest BCUT2D eigenvalue weighted by Crippen LogP contribution is 2.31. The molecule has 5 atom stereocenters. The topological polar surface area (TPSA) is 191 Å². The number of aryl methyl sites for hydroxylation is 1. The van der Waals surface area contributed by atoms with Crippen molar-refractivity contribution in [1.29, 1.82) is 5.41 Å². The van der Waals surface area contributed by atoms with Crippen molar-refractivity contribution in [1.82, 2.24) is 0 Å².